The fraction of sp³-hybridized carbons (Fsp3) is 0.0667. The molecule has 2 aromatic heterocycles. The summed E-state index contributed by atoms with van der Waals surface area (Å²) >= 11 is 3.31. The van der Waals surface area contributed by atoms with Crippen molar-refractivity contribution in [1.29, 1.82) is 0 Å². The number of nitrogens with one attached hydrogen (secondary N) is 1. The summed E-state index contributed by atoms with van der Waals surface area (Å²) in [6.07, 6.45) is 1.67. The number of fused-ring (bicyclic) bond motifs is 1. The molecule has 0 unspecified atom stereocenters. The van der Waals surface area contributed by atoms with Crippen molar-refractivity contribution in [3.05, 3.63) is 75.0 Å². The third-order valence-electron chi connectivity index (χ3n) is 3.01. The standard InChI is InChI=1S/C15H11BrFN3O/c16-10-5-6-14-19-11(7-15(21)20(14)9-10)8-18-13-4-2-1-3-12(13)17/h1-7,9,18H,8H2. The van der Waals surface area contributed by atoms with Crippen LogP contribution in [0.4, 0.5) is 10.1 Å². The average Bonchev–Trinajstić information content (AvgIpc) is 2.47. The highest BCUT2D eigenvalue weighted by Gasteiger charge is 2.04. The molecule has 0 saturated heterocycles. The van der Waals surface area contributed by atoms with Crippen molar-refractivity contribution in [3.63, 3.8) is 0 Å². The molecule has 1 N–H and O–H groups in total. The molecule has 0 aliphatic rings. The van der Waals surface area contributed by atoms with E-state index < -0.39 is 0 Å². The van der Waals surface area contributed by atoms with Gasteiger partial charge in [0.1, 0.15) is 11.5 Å². The number of anilines is 1. The van der Waals surface area contributed by atoms with Crippen LogP contribution in [0.2, 0.25) is 0 Å². The van der Waals surface area contributed by atoms with Crippen LogP contribution in [0.25, 0.3) is 5.65 Å². The zero-order valence-corrected chi connectivity index (χ0v) is 12.5. The highest BCUT2D eigenvalue weighted by atomic mass is 79.9. The molecule has 0 saturated carbocycles. The van der Waals surface area contributed by atoms with Crippen LogP contribution in [0.5, 0.6) is 0 Å². The summed E-state index contributed by atoms with van der Waals surface area (Å²) < 4.78 is 15.8. The fourth-order valence-electron chi connectivity index (χ4n) is 2.01. The molecule has 21 heavy (non-hydrogen) atoms. The van der Waals surface area contributed by atoms with E-state index in [4.69, 9.17) is 0 Å². The topological polar surface area (TPSA) is 46.4 Å². The normalized spacial score (nSPS) is 10.8. The number of aromatic nitrogens is 2. The van der Waals surface area contributed by atoms with Crippen LogP contribution in [0, 0.1) is 5.82 Å². The Labute approximate surface area is 128 Å². The van der Waals surface area contributed by atoms with Crippen LogP contribution in [-0.4, -0.2) is 9.38 Å². The van der Waals surface area contributed by atoms with Gasteiger partial charge in [0, 0.05) is 16.7 Å². The van der Waals surface area contributed by atoms with Gasteiger partial charge in [0.15, 0.2) is 0 Å². The summed E-state index contributed by atoms with van der Waals surface area (Å²) in [6.45, 7) is 0.280. The Morgan fingerprint density at radius 1 is 1.24 bits per heavy atom. The zero-order valence-electron chi connectivity index (χ0n) is 10.9. The van der Waals surface area contributed by atoms with Gasteiger partial charge in [0.05, 0.1) is 17.9 Å². The predicted molar refractivity (Wildman–Crippen MR) is 82.9 cm³/mol. The van der Waals surface area contributed by atoms with Gasteiger partial charge in [-0.1, -0.05) is 12.1 Å². The lowest BCUT2D eigenvalue weighted by Gasteiger charge is -2.08. The molecule has 0 bridgehead atoms. The number of hydrogen-bond donors (Lipinski definition) is 1. The van der Waals surface area contributed by atoms with Crippen molar-refractivity contribution in [2.45, 2.75) is 6.54 Å². The minimum absolute atomic E-state index is 0.174. The van der Waals surface area contributed by atoms with E-state index in [1.54, 1.807) is 30.5 Å². The second kappa shape index (κ2) is 5.65. The highest BCUT2D eigenvalue weighted by molar-refractivity contribution is 9.10. The molecule has 0 amide bonds. The molecule has 3 aromatic rings. The fourth-order valence-corrected chi connectivity index (χ4v) is 2.34. The molecule has 2 heterocycles. The van der Waals surface area contributed by atoms with Crippen molar-refractivity contribution < 1.29 is 4.39 Å². The molecular weight excluding hydrogens is 337 g/mol. The first-order chi connectivity index (χ1) is 10.1. The minimum atomic E-state index is -0.334. The van der Waals surface area contributed by atoms with Gasteiger partial charge in [-0.3, -0.25) is 9.20 Å². The van der Waals surface area contributed by atoms with E-state index in [0.29, 0.717) is 17.0 Å². The molecule has 0 atom stereocenters. The molecular formula is C15H11BrFN3O. The Morgan fingerprint density at radius 2 is 2.05 bits per heavy atom. The molecule has 1 aromatic carbocycles. The minimum Gasteiger partial charge on any atom is -0.377 e. The van der Waals surface area contributed by atoms with Gasteiger partial charge < -0.3 is 5.32 Å². The molecule has 6 heteroatoms. The summed E-state index contributed by atoms with van der Waals surface area (Å²) in [5.74, 6) is -0.334. The molecule has 0 spiro atoms. The number of para-hydroxylation sites is 1. The number of nitrogens with zero attached hydrogens (tertiary/aromatic N) is 2. The van der Waals surface area contributed by atoms with Gasteiger partial charge >= 0.3 is 0 Å². The van der Waals surface area contributed by atoms with E-state index in [1.807, 2.05) is 6.07 Å². The van der Waals surface area contributed by atoms with Gasteiger partial charge in [-0.15, -0.1) is 0 Å². The molecule has 106 valence electrons. The SMILES string of the molecule is O=c1cc(CNc2ccccc2F)nc2ccc(Br)cn12. The Balaban J connectivity index is 1.90. The first-order valence-electron chi connectivity index (χ1n) is 6.30. The van der Waals surface area contributed by atoms with Crippen LogP contribution in [0.1, 0.15) is 5.69 Å². The maximum absolute atomic E-state index is 13.5. The predicted octanol–water partition coefficient (Wildman–Crippen LogP) is 3.21. The summed E-state index contributed by atoms with van der Waals surface area (Å²) in [6, 6.07) is 11.4. The molecule has 0 radical (unpaired) electrons. The first kappa shape index (κ1) is 13.8. The lowest BCUT2D eigenvalue weighted by atomic mass is 10.3. The van der Waals surface area contributed by atoms with Gasteiger partial charge in [-0.05, 0) is 40.2 Å². The lowest BCUT2D eigenvalue weighted by molar-refractivity contribution is 0.630. The number of halogens is 2. The molecule has 3 rings (SSSR count). The lowest BCUT2D eigenvalue weighted by Crippen LogP contribution is -2.16. The Hall–Kier alpha value is -2.21. The van der Waals surface area contributed by atoms with Crippen LogP contribution < -0.4 is 10.9 Å². The van der Waals surface area contributed by atoms with Crippen LogP contribution in [-0.2, 0) is 6.54 Å². The van der Waals surface area contributed by atoms with Crippen molar-refractivity contribution in [3.8, 4) is 0 Å². The Morgan fingerprint density at radius 3 is 2.86 bits per heavy atom. The number of benzene rings is 1. The molecule has 4 nitrogen and oxygen atoms in total. The smallest absolute Gasteiger partial charge is 0.258 e. The van der Waals surface area contributed by atoms with E-state index in [-0.39, 0.29) is 17.9 Å². The summed E-state index contributed by atoms with van der Waals surface area (Å²) in [5.41, 5.74) is 1.32. The van der Waals surface area contributed by atoms with Crippen LogP contribution >= 0.6 is 15.9 Å². The van der Waals surface area contributed by atoms with E-state index in [1.165, 1.54) is 16.5 Å². The van der Waals surface area contributed by atoms with Crippen molar-refractivity contribution in [2.24, 2.45) is 0 Å². The zero-order chi connectivity index (χ0) is 14.8. The summed E-state index contributed by atoms with van der Waals surface area (Å²) in [5, 5.41) is 2.94. The van der Waals surface area contributed by atoms with Crippen molar-refractivity contribution >= 4 is 27.3 Å². The maximum Gasteiger partial charge on any atom is 0.258 e. The van der Waals surface area contributed by atoms with Crippen molar-refractivity contribution in [2.75, 3.05) is 5.32 Å². The van der Waals surface area contributed by atoms with Crippen LogP contribution in [0.15, 0.2) is 57.9 Å². The second-order valence-corrected chi connectivity index (χ2v) is 5.41. The Bertz CT molecular complexity index is 863. The second-order valence-electron chi connectivity index (χ2n) is 4.49. The Kier molecular flexibility index (Phi) is 3.70. The van der Waals surface area contributed by atoms with Crippen molar-refractivity contribution in [1.82, 2.24) is 9.38 Å². The molecule has 0 aliphatic heterocycles. The number of pyridine rings is 1. The van der Waals surface area contributed by atoms with E-state index >= 15 is 0 Å². The quantitative estimate of drug-likeness (QED) is 0.791. The molecule has 0 aliphatic carbocycles. The number of rotatable bonds is 3. The highest BCUT2D eigenvalue weighted by Crippen LogP contribution is 2.14. The van der Waals surface area contributed by atoms with Crippen LogP contribution in [0.3, 0.4) is 0 Å². The summed E-state index contributed by atoms with van der Waals surface area (Å²) in [4.78, 5) is 16.4. The van der Waals surface area contributed by atoms with E-state index in [9.17, 15) is 9.18 Å². The van der Waals surface area contributed by atoms with E-state index in [2.05, 4.69) is 26.2 Å². The third kappa shape index (κ3) is 2.95. The monoisotopic (exact) mass is 347 g/mol. The number of hydrogen-bond acceptors (Lipinski definition) is 3. The third-order valence-corrected chi connectivity index (χ3v) is 3.48. The molecule has 0 fully saturated rings. The van der Waals surface area contributed by atoms with Gasteiger partial charge in [0.25, 0.3) is 5.56 Å². The van der Waals surface area contributed by atoms with Gasteiger partial charge in [-0.25, -0.2) is 9.37 Å². The first-order valence-corrected chi connectivity index (χ1v) is 7.09. The largest absolute Gasteiger partial charge is 0.377 e. The van der Waals surface area contributed by atoms with Gasteiger partial charge in [0.2, 0.25) is 0 Å². The maximum atomic E-state index is 13.5. The average molecular weight is 348 g/mol. The van der Waals surface area contributed by atoms with E-state index in [0.717, 1.165) is 4.47 Å². The van der Waals surface area contributed by atoms with Gasteiger partial charge in [-0.2, -0.15) is 0 Å². The summed E-state index contributed by atoms with van der Waals surface area (Å²) in [7, 11) is 0.